The second-order valence-electron chi connectivity index (χ2n) is 4.27. The van der Waals surface area contributed by atoms with Crippen molar-refractivity contribution >= 4 is 27.5 Å². The molecule has 2 aromatic rings. The summed E-state index contributed by atoms with van der Waals surface area (Å²) in [6.45, 7) is 1.75. The molecule has 0 N–H and O–H groups in total. The smallest absolute Gasteiger partial charge is 0.137 e. The Morgan fingerprint density at radius 3 is 2.37 bits per heavy atom. The van der Waals surface area contributed by atoms with Crippen LogP contribution in [0.25, 0.3) is 0 Å². The average Bonchev–Trinajstić information content (AvgIpc) is 2.41. The number of rotatable bonds is 3. The molecule has 19 heavy (non-hydrogen) atoms. The Kier molecular flexibility index (Phi) is 4.48. The number of hydrogen-bond acceptors (Lipinski definition) is 1. The first-order chi connectivity index (χ1) is 9.02. The third kappa shape index (κ3) is 3.10. The van der Waals surface area contributed by atoms with E-state index in [0.717, 1.165) is 11.1 Å². The Hall–Kier alpha value is -1.06. The molecule has 0 aromatic heterocycles. The fourth-order valence-corrected chi connectivity index (χ4v) is 2.69. The molecule has 0 heterocycles. The van der Waals surface area contributed by atoms with Crippen molar-refractivity contribution in [2.75, 3.05) is 7.11 Å². The summed E-state index contributed by atoms with van der Waals surface area (Å²) in [6.07, 6.45) is 0. The van der Waals surface area contributed by atoms with Crippen molar-refractivity contribution in [2.24, 2.45) is 0 Å². The largest absolute Gasteiger partial charge is 0.495 e. The fourth-order valence-electron chi connectivity index (χ4n) is 1.86. The van der Waals surface area contributed by atoms with E-state index in [1.54, 1.807) is 20.1 Å². The number of halogens is 3. The predicted molar refractivity (Wildman–Crippen MR) is 79.9 cm³/mol. The average molecular weight is 344 g/mol. The van der Waals surface area contributed by atoms with Gasteiger partial charge in [0.1, 0.15) is 11.6 Å². The van der Waals surface area contributed by atoms with Crippen molar-refractivity contribution in [3.8, 4) is 5.75 Å². The van der Waals surface area contributed by atoms with E-state index in [9.17, 15) is 4.39 Å². The van der Waals surface area contributed by atoms with E-state index >= 15 is 0 Å². The first-order valence-electron chi connectivity index (χ1n) is 5.76. The lowest BCUT2D eigenvalue weighted by Gasteiger charge is -2.13. The van der Waals surface area contributed by atoms with Crippen LogP contribution in [0.5, 0.6) is 5.75 Å². The third-order valence-corrected chi connectivity index (χ3v) is 4.30. The Labute approximate surface area is 125 Å². The maximum absolute atomic E-state index is 13.3. The zero-order chi connectivity index (χ0) is 14.0. The zero-order valence-electron chi connectivity index (χ0n) is 10.6. The van der Waals surface area contributed by atoms with Crippen LogP contribution in [0, 0.1) is 12.7 Å². The van der Waals surface area contributed by atoms with Crippen LogP contribution in [0.2, 0.25) is 5.02 Å². The number of hydrogen-bond donors (Lipinski definition) is 0. The van der Waals surface area contributed by atoms with Gasteiger partial charge in [-0.15, -0.1) is 0 Å². The number of benzene rings is 2. The molecular formula is C15H13BrClFO. The second kappa shape index (κ2) is 5.93. The lowest BCUT2D eigenvalue weighted by Crippen LogP contribution is -1.95. The lowest BCUT2D eigenvalue weighted by molar-refractivity contribution is 0.415. The molecule has 4 heteroatoms. The number of aryl methyl sites for hydroxylation is 1. The molecule has 0 aliphatic carbocycles. The van der Waals surface area contributed by atoms with E-state index in [1.165, 1.54) is 6.07 Å². The first-order valence-corrected chi connectivity index (χ1v) is 7.06. The molecule has 1 nitrogen and oxygen atoms in total. The molecule has 1 atom stereocenters. The van der Waals surface area contributed by atoms with E-state index in [-0.39, 0.29) is 10.6 Å². The van der Waals surface area contributed by atoms with Crippen molar-refractivity contribution in [1.29, 1.82) is 0 Å². The molecule has 0 fully saturated rings. The van der Waals surface area contributed by atoms with E-state index < -0.39 is 0 Å². The monoisotopic (exact) mass is 342 g/mol. The van der Waals surface area contributed by atoms with Crippen LogP contribution >= 0.6 is 27.5 Å². The normalized spacial score (nSPS) is 12.3. The van der Waals surface area contributed by atoms with Crippen LogP contribution in [-0.2, 0) is 0 Å². The van der Waals surface area contributed by atoms with Gasteiger partial charge in [0.2, 0.25) is 0 Å². The topological polar surface area (TPSA) is 9.23 Å². The third-order valence-electron chi connectivity index (χ3n) is 2.94. The molecule has 2 rings (SSSR count). The van der Waals surface area contributed by atoms with Crippen LogP contribution in [0.1, 0.15) is 21.5 Å². The van der Waals surface area contributed by atoms with Crippen molar-refractivity contribution in [3.63, 3.8) is 0 Å². The van der Waals surface area contributed by atoms with Gasteiger partial charge < -0.3 is 4.74 Å². The second-order valence-corrected chi connectivity index (χ2v) is 5.59. The highest BCUT2D eigenvalue weighted by Crippen LogP contribution is 2.35. The highest BCUT2D eigenvalue weighted by molar-refractivity contribution is 9.09. The predicted octanol–water partition coefficient (Wildman–Crippen LogP) is 5.28. The standard InChI is InChI=1S/C15H13BrClFO/c1-9-7-10(3-5-13(9)18)15(16)11-4-6-14(19-2)12(17)8-11/h3-8,15H,1-2H3. The molecule has 0 aliphatic rings. The highest BCUT2D eigenvalue weighted by atomic mass is 79.9. The molecule has 0 saturated heterocycles. The summed E-state index contributed by atoms with van der Waals surface area (Å²) in [4.78, 5) is -0.0322. The van der Waals surface area contributed by atoms with Gasteiger partial charge in [0, 0.05) is 0 Å². The summed E-state index contributed by atoms with van der Waals surface area (Å²) >= 11 is 9.72. The quantitative estimate of drug-likeness (QED) is 0.689. The molecular weight excluding hydrogens is 331 g/mol. The summed E-state index contributed by atoms with van der Waals surface area (Å²) in [5, 5.41) is 0.559. The summed E-state index contributed by atoms with van der Waals surface area (Å²) < 4.78 is 18.4. The van der Waals surface area contributed by atoms with E-state index in [2.05, 4.69) is 15.9 Å². The fraction of sp³-hybridized carbons (Fsp3) is 0.200. The van der Waals surface area contributed by atoms with Gasteiger partial charge in [-0.3, -0.25) is 0 Å². The van der Waals surface area contributed by atoms with Gasteiger partial charge in [-0.2, -0.15) is 0 Å². The van der Waals surface area contributed by atoms with Crippen molar-refractivity contribution in [3.05, 3.63) is 63.9 Å². The van der Waals surface area contributed by atoms with Gasteiger partial charge in [-0.05, 0) is 41.8 Å². The molecule has 0 aliphatic heterocycles. The minimum atomic E-state index is -0.198. The summed E-state index contributed by atoms with van der Waals surface area (Å²) in [7, 11) is 1.58. The maximum atomic E-state index is 13.3. The molecule has 0 spiro atoms. The zero-order valence-corrected chi connectivity index (χ0v) is 12.9. The van der Waals surface area contributed by atoms with Gasteiger partial charge in [-0.1, -0.05) is 45.7 Å². The van der Waals surface area contributed by atoms with Crippen LogP contribution in [0.3, 0.4) is 0 Å². The van der Waals surface area contributed by atoms with Gasteiger partial charge in [-0.25, -0.2) is 4.39 Å². The van der Waals surface area contributed by atoms with Crippen molar-refractivity contribution in [2.45, 2.75) is 11.8 Å². The Bertz CT molecular complexity index is 601. The first kappa shape index (κ1) is 14.4. The van der Waals surface area contributed by atoms with Gasteiger partial charge >= 0.3 is 0 Å². The Morgan fingerprint density at radius 2 is 1.79 bits per heavy atom. The van der Waals surface area contributed by atoms with E-state index in [1.807, 2.05) is 24.3 Å². The van der Waals surface area contributed by atoms with Crippen LogP contribution in [0.15, 0.2) is 36.4 Å². The van der Waals surface area contributed by atoms with E-state index in [0.29, 0.717) is 16.3 Å². The SMILES string of the molecule is COc1ccc(C(Br)c2ccc(F)c(C)c2)cc1Cl. The van der Waals surface area contributed by atoms with Gasteiger partial charge in [0.05, 0.1) is 17.0 Å². The minimum absolute atomic E-state index is 0.0322. The highest BCUT2D eigenvalue weighted by Gasteiger charge is 2.13. The molecule has 100 valence electrons. The van der Waals surface area contributed by atoms with Crippen LogP contribution in [-0.4, -0.2) is 7.11 Å². The number of alkyl halides is 1. The molecule has 0 saturated carbocycles. The van der Waals surface area contributed by atoms with Crippen molar-refractivity contribution in [1.82, 2.24) is 0 Å². The Balaban J connectivity index is 2.35. The molecule has 0 radical (unpaired) electrons. The molecule has 1 unspecified atom stereocenters. The molecule has 0 bridgehead atoms. The molecule has 0 amide bonds. The van der Waals surface area contributed by atoms with Crippen LogP contribution in [0.4, 0.5) is 4.39 Å². The number of methoxy groups -OCH3 is 1. The summed E-state index contributed by atoms with van der Waals surface area (Å²) in [6, 6.07) is 10.7. The summed E-state index contributed by atoms with van der Waals surface area (Å²) in [5.41, 5.74) is 2.61. The maximum Gasteiger partial charge on any atom is 0.137 e. The number of ether oxygens (including phenoxy) is 1. The van der Waals surface area contributed by atoms with Gasteiger partial charge in [0.15, 0.2) is 0 Å². The lowest BCUT2D eigenvalue weighted by atomic mass is 10.0. The summed E-state index contributed by atoms with van der Waals surface area (Å²) in [5.74, 6) is 0.441. The van der Waals surface area contributed by atoms with Gasteiger partial charge in [0.25, 0.3) is 0 Å². The van der Waals surface area contributed by atoms with Crippen molar-refractivity contribution < 1.29 is 9.13 Å². The molecule has 2 aromatic carbocycles. The van der Waals surface area contributed by atoms with Crippen LogP contribution < -0.4 is 4.74 Å². The van der Waals surface area contributed by atoms with E-state index in [4.69, 9.17) is 16.3 Å². The minimum Gasteiger partial charge on any atom is -0.495 e. The Morgan fingerprint density at radius 1 is 1.16 bits per heavy atom.